The lowest BCUT2D eigenvalue weighted by Crippen LogP contribution is -2.35. The summed E-state index contributed by atoms with van der Waals surface area (Å²) in [6, 6.07) is 6.97. The Morgan fingerprint density at radius 1 is 1.30 bits per heavy atom. The summed E-state index contributed by atoms with van der Waals surface area (Å²) >= 11 is 1.63. The van der Waals surface area contributed by atoms with Crippen molar-refractivity contribution in [1.82, 2.24) is 24.6 Å². The first kappa shape index (κ1) is 20.7. The number of hydrogen-bond donors (Lipinski definition) is 1. The van der Waals surface area contributed by atoms with E-state index in [1.165, 1.54) is 30.3 Å². The van der Waals surface area contributed by atoms with Crippen LogP contribution in [0.15, 0.2) is 38.6 Å². The highest BCUT2D eigenvalue weighted by Crippen LogP contribution is 2.33. The second kappa shape index (κ2) is 9.07. The van der Waals surface area contributed by atoms with Gasteiger partial charge in [0.25, 0.3) is 0 Å². The molecule has 2 heterocycles. The highest BCUT2D eigenvalue weighted by Gasteiger charge is 2.24. The molecule has 2 aromatic heterocycles. The lowest BCUT2D eigenvalue weighted by molar-refractivity contribution is -0.123. The molecule has 3 aromatic rings. The summed E-state index contributed by atoms with van der Waals surface area (Å²) in [5.74, 6) is 0.268. The van der Waals surface area contributed by atoms with E-state index in [-0.39, 0.29) is 5.91 Å². The topological polar surface area (TPSA) is 94.9 Å². The number of oxazole rings is 1. The van der Waals surface area contributed by atoms with Crippen molar-refractivity contribution >= 4 is 28.8 Å². The van der Waals surface area contributed by atoms with Crippen molar-refractivity contribution in [1.29, 1.82) is 0 Å². The molecule has 1 aliphatic carbocycles. The monoisotopic (exact) mass is 429 g/mol. The summed E-state index contributed by atoms with van der Waals surface area (Å²) in [7, 11) is 0. The molecule has 8 nitrogen and oxygen atoms in total. The van der Waals surface area contributed by atoms with Crippen LogP contribution in [0.2, 0.25) is 0 Å². The van der Waals surface area contributed by atoms with E-state index in [1.807, 2.05) is 12.3 Å². The predicted octanol–water partition coefficient (Wildman–Crippen LogP) is 3.33. The number of para-hydroxylation sites is 2. The van der Waals surface area contributed by atoms with Crippen molar-refractivity contribution < 1.29 is 9.21 Å². The van der Waals surface area contributed by atoms with Gasteiger partial charge in [-0.3, -0.25) is 9.36 Å². The summed E-state index contributed by atoms with van der Waals surface area (Å²) < 4.78 is 8.92. The van der Waals surface area contributed by atoms with Gasteiger partial charge in [-0.15, -0.1) is 10.2 Å². The molecule has 0 aliphatic heterocycles. The van der Waals surface area contributed by atoms with Gasteiger partial charge in [0.1, 0.15) is 11.9 Å². The highest BCUT2D eigenvalue weighted by atomic mass is 32.2. The lowest BCUT2D eigenvalue weighted by atomic mass is 10.2. The van der Waals surface area contributed by atoms with Crippen LogP contribution in [0.3, 0.4) is 0 Å². The van der Waals surface area contributed by atoms with Gasteiger partial charge in [0.2, 0.25) is 5.91 Å². The predicted molar refractivity (Wildman–Crippen MR) is 116 cm³/mol. The minimum Gasteiger partial charge on any atom is -0.408 e. The number of hydrogen-bond acceptors (Lipinski definition) is 6. The third kappa shape index (κ3) is 4.03. The summed E-state index contributed by atoms with van der Waals surface area (Å²) in [6.45, 7) is 2.22. The second-order valence-corrected chi connectivity index (χ2v) is 8.46. The maximum atomic E-state index is 12.6. The molecule has 0 bridgehead atoms. The van der Waals surface area contributed by atoms with Crippen molar-refractivity contribution in [3.8, 4) is 0 Å². The number of aromatic nitrogens is 4. The van der Waals surface area contributed by atoms with E-state index < -0.39 is 11.8 Å². The number of carbonyl (C=O) groups is 1. The molecule has 1 aliphatic rings. The molecule has 9 heteroatoms. The molecule has 1 amide bonds. The van der Waals surface area contributed by atoms with Gasteiger partial charge in [0.05, 0.1) is 5.52 Å². The third-order valence-electron chi connectivity index (χ3n) is 5.77. The first-order chi connectivity index (χ1) is 14.6. The van der Waals surface area contributed by atoms with Gasteiger partial charge in [0, 0.05) is 19.0 Å². The minimum absolute atomic E-state index is 0.203. The van der Waals surface area contributed by atoms with Gasteiger partial charge in [-0.1, -0.05) is 36.7 Å². The lowest BCUT2D eigenvalue weighted by Gasteiger charge is -2.16. The quantitative estimate of drug-likeness (QED) is 0.436. The Bertz CT molecular complexity index is 1080. The van der Waals surface area contributed by atoms with Crippen LogP contribution in [0.25, 0.3) is 11.1 Å². The second-order valence-electron chi connectivity index (χ2n) is 7.69. The number of carbonyl (C=O) groups excluding carboxylic acids is 1. The number of rotatable bonds is 8. The standard InChI is InChI=1S/C21H27N5O3S/c1-14(25-16-10-5-6-11-17(16)29-21(25)28)19(27)22-13-7-12-18-23-24-20(30-2)26(18)15-8-3-4-9-15/h5-6,10-11,14-15H,3-4,7-9,12-13H2,1-2H3,(H,22,27). The maximum Gasteiger partial charge on any atom is 0.420 e. The molecule has 1 N–H and O–H groups in total. The smallest absolute Gasteiger partial charge is 0.408 e. The molecule has 0 spiro atoms. The Morgan fingerprint density at radius 3 is 2.83 bits per heavy atom. The Morgan fingerprint density at radius 2 is 2.07 bits per heavy atom. The molecular formula is C21H27N5O3S. The number of thioether (sulfide) groups is 1. The summed E-state index contributed by atoms with van der Waals surface area (Å²) in [5.41, 5.74) is 1.11. The summed E-state index contributed by atoms with van der Waals surface area (Å²) in [4.78, 5) is 24.8. The molecular weight excluding hydrogens is 402 g/mol. The van der Waals surface area contributed by atoms with E-state index in [1.54, 1.807) is 36.9 Å². The SMILES string of the molecule is CSc1nnc(CCCNC(=O)C(C)n2c(=O)oc3ccccc32)n1C1CCCC1. The van der Waals surface area contributed by atoms with Gasteiger partial charge in [-0.25, -0.2) is 4.79 Å². The molecule has 160 valence electrons. The van der Waals surface area contributed by atoms with Crippen LogP contribution in [0.5, 0.6) is 0 Å². The Labute approximate surface area is 179 Å². The fourth-order valence-corrected chi connectivity index (χ4v) is 4.79. The van der Waals surface area contributed by atoms with Crippen molar-refractivity contribution in [3.63, 3.8) is 0 Å². The fraction of sp³-hybridized carbons (Fsp3) is 0.524. The number of nitrogens with one attached hydrogen (secondary N) is 1. The van der Waals surface area contributed by atoms with Gasteiger partial charge in [0.15, 0.2) is 10.7 Å². The van der Waals surface area contributed by atoms with Crippen LogP contribution in [0.4, 0.5) is 0 Å². The maximum absolute atomic E-state index is 12.6. The van der Waals surface area contributed by atoms with Crippen LogP contribution in [-0.2, 0) is 11.2 Å². The van der Waals surface area contributed by atoms with E-state index >= 15 is 0 Å². The Balaban J connectivity index is 1.36. The minimum atomic E-state index is -0.647. The van der Waals surface area contributed by atoms with Gasteiger partial charge in [-0.2, -0.15) is 0 Å². The van der Waals surface area contributed by atoms with Crippen LogP contribution >= 0.6 is 11.8 Å². The molecule has 4 rings (SSSR count). The zero-order valence-corrected chi connectivity index (χ0v) is 18.2. The largest absolute Gasteiger partial charge is 0.420 e. The Hall–Kier alpha value is -2.55. The number of aryl methyl sites for hydroxylation is 1. The van der Waals surface area contributed by atoms with E-state index in [4.69, 9.17) is 4.42 Å². The average Bonchev–Trinajstić information content (AvgIpc) is 3.47. The van der Waals surface area contributed by atoms with E-state index in [2.05, 4.69) is 20.1 Å². The van der Waals surface area contributed by atoms with Crippen molar-refractivity contribution in [2.24, 2.45) is 0 Å². The molecule has 1 aromatic carbocycles. The molecule has 0 radical (unpaired) electrons. The van der Waals surface area contributed by atoms with Crippen molar-refractivity contribution in [3.05, 3.63) is 40.6 Å². The van der Waals surface area contributed by atoms with Gasteiger partial charge < -0.3 is 14.3 Å². The molecule has 1 saturated carbocycles. The first-order valence-corrected chi connectivity index (χ1v) is 11.7. The number of benzene rings is 1. The van der Waals surface area contributed by atoms with Crippen molar-refractivity contribution in [2.45, 2.75) is 62.7 Å². The normalized spacial score (nSPS) is 15.7. The molecule has 1 atom stereocenters. The van der Waals surface area contributed by atoms with Crippen LogP contribution in [-0.4, -0.2) is 38.0 Å². The van der Waals surface area contributed by atoms with Crippen LogP contribution < -0.4 is 11.1 Å². The summed E-state index contributed by atoms with van der Waals surface area (Å²) in [5, 5.41) is 12.6. The number of fused-ring (bicyclic) bond motifs is 1. The van der Waals surface area contributed by atoms with E-state index in [0.717, 1.165) is 23.8 Å². The number of nitrogens with zero attached hydrogens (tertiary/aromatic N) is 4. The van der Waals surface area contributed by atoms with E-state index in [0.29, 0.717) is 23.7 Å². The molecule has 1 fully saturated rings. The Kier molecular flexibility index (Phi) is 6.26. The van der Waals surface area contributed by atoms with Gasteiger partial charge >= 0.3 is 5.76 Å². The van der Waals surface area contributed by atoms with Gasteiger partial charge in [-0.05, 0) is 44.6 Å². The fourth-order valence-electron chi connectivity index (χ4n) is 4.22. The molecule has 30 heavy (non-hydrogen) atoms. The zero-order chi connectivity index (χ0) is 21.1. The third-order valence-corrected chi connectivity index (χ3v) is 6.41. The molecule has 1 unspecified atom stereocenters. The number of amides is 1. The first-order valence-electron chi connectivity index (χ1n) is 10.5. The average molecular weight is 430 g/mol. The zero-order valence-electron chi connectivity index (χ0n) is 17.3. The molecule has 0 saturated heterocycles. The van der Waals surface area contributed by atoms with E-state index in [9.17, 15) is 9.59 Å². The van der Waals surface area contributed by atoms with Crippen molar-refractivity contribution in [2.75, 3.05) is 12.8 Å². The van der Waals surface area contributed by atoms with Crippen LogP contribution in [0, 0.1) is 0 Å². The van der Waals surface area contributed by atoms with Crippen LogP contribution in [0.1, 0.15) is 56.9 Å². The summed E-state index contributed by atoms with van der Waals surface area (Å²) in [6.07, 6.45) is 8.42. The highest BCUT2D eigenvalue weighted by molar-refractivity contribution is 7.98.